The molecule has 4 aromatic rings. The molecule has 0 saturated carbocycles. The topological polar surface area (TPSA) is 46.0 Å². The Balaban J connectivity index is 1.99. The van der Waals surface area contributed by atoms with E-state index in [-0.39, 0.29) is 0 Å². The van der Waals surface area contributed by atoms with E-state index >= 15 is 0 Å². The van der Waals surface area contributed by atoms with Gasteiger partial charge in [0.1, 0.15) is 0 Å². The van der Waals surface area contributed by atoms with Gasteiger partial charge >= 0.3 is 0 Å². The van der Waals surface area contributed by atoms with E-state index in [1.165, 1.54) is 11.1 Å². The molecule has 0 bridgehead atoms. The third kappa shape index (κ3) is 1.54. The molecule has 2 aromatic heterocycles. The van der Waals surface area contributed by atoms with Gasteiger partial charge in [-0.2, -0.15) is 4.98 Å². The molecule has 0 unspecified atom stereocenters. The van der Waals surface area contributed by atoms with Crippen LogP contribution >= 0.6 is 0 Å². The highest BCUT2D eigenvalue weighted by Gasteiger charge is 2.11. The van der Waals surface area contributed by atoms with Crippen molar-refractivity contribution in [3.63, 3.8) is 0 Å². The first-order chi connectivity index (χ1) is 9.72. The zero-order valence-electron chi connectivity index (χ0n) is 11.4. The number of aromatic nitrogens is 4. The van der Waals surface area contributed by atoms with Crippen molar-refractivity contribution in [2.75, 3.05) is 0 Å². The molecule has 1 N–H and O–H groups in total. The molecule has 4 nitrogen and oxygen atoms in total. The number of hydrogen-bond acceptors (Lipinski definition) is 2. The lowest BCUT2D eigenvalue weighted by Crippen LogP contribution is -1.87. The van der Waals surface area contributed by atoms with E-state index in [1.807, 2.05) is 34.8 Å². The predicted molar refractivity (Wildman–Crippen MR) is 79.8 cm³/mol. The van der Waals surface area contributed by atoms with Crippen molar-refractivity contribution in [1.29, 1.82) is 0 Å². The van der Waals surface area contributed by atoms with Crippen LogP contribution in [0.4, 0.5) is 0 Å². The molecule has 0 aliphatic carbocycles. The minimum Gasteiger partial charge on any atom is -0.274 e. The third-order valence-electron chi connectivity index (χ3n) is 3.73. The van der Waals surface area contributed by atoms with Crippen LogP contribution in [0.1, 0.15) is 11.1 Å². The van der Waals surface area contributed by atoms with Gasteiger partial charge in [-0.15, -0.1) is 0 Å². The van der Waals surface area contributed by atoms with Gasteiger partial charge in [-0.1, -0.05) is 30.3 Å². The fourth-order valence-corrected chi connectivity index (χ4v) is 2.46. The van der Waals surface area contributed by atoms with Gasteiger partial charge in [-0.3, -0.25) is 5.10 Å². The Kier molecular flexibility index (Phi) is 2.21. The lowest BCUT2D eigenvalue weighted by atomic mass is 10.1. The number of imidazole rings is 1. The standard InChI is InChI=1S/C16H14N4/c1-10-8-13-14(9-11(10)2)20-16(17-13)18-15(19-20)12-6-4-3-5-7-12/h3-9H,1-2H3,(H,17,18,19). The SMILES string of the molecule is Cc1cc2nc3nc(-c4ccccc4)[nH]n3c2cc1C. The van der Waals surface area contributed by atoms with Crippen LogP contribution in [-0.2, 0) is 0 Å². The molecule has 0 aliphatic rings. The first kappa shape index (κ1) is 11.2. The summed E-state index contributed by atoms with van der Waals surface area (Å²) in [5.74, 6) is 1.55. The number of rotatable bonds is 1. The highest BCUT2D eigenvalue weighted by Crippen LogP contribution is 2.22. The average Bonchev–Trinajstić information content (AvgIpc) is 2.99. The molecular formula is C16H14N4. The van der Waals surface area contributed by atoms with Gasteiger partial charge in [0.25, 0.3) is 5.78 Å². The Morgan fingerprint density at radius 2 is 1.70 bits per heavy atom. The summed E-state index contributed by atoms with van der Waals surface area (Å²) < 4.78 is 1.95. The first-order valence-electron chi connectivity index (χ1n) is 6.63. The van der Waals surface area contributed by atoms with Crippen LogP contribution in [0.2, 0.25) is 0 Å². The van der Waals surface area contributed by atoms with E-state index in [4.69, 9.17) is 0 Å². The van der Waals surface area contributed by atoms with Crippen LogP contribution in [0.15, 0.2) is 42.5 Å². The Hall–Kier alpha value is -2.62. The van der Waals surface area contributed by atoms with Crippen molar-refractivity contribution in [2.45, 2.75) is 13.8 Å². The van der Waals surface area contributed by atoms with Crippen molar-refractivity contribution in [2.24, 2.45) is 0 Å². The molecule has 0 saturated heterocycles. The Bertz CT molecular complexity index is 916. The normalized spacial score (nSPS) is 11.5. The predicted octanol–water partition coefficient (Wildman–Crippen LogP) is 3.49. The molecule has 2 heterocycles. The summed E-state index contributed by atoms with van der Waals surface area (Å²) in [5, 5.41) is 3.32. The number of benzene rings is 2. The number of fused-ring (bicyclic) bond motifs is 3. The molecular weight excluding hydrogens is 248 g/mol. The van der Waals surface area contributed by atoms with Crippen molar-refractivity contribution in [3.05, 3.63) is 53.6 Å². The monoisotopic (exact) mass is 262 g/mol. The van der Waals surface area contributed by atoms with Crippen molar-refractivity contribution < 1.29 is 0 Å². The van der Waals surface area contributed by atoms with Gasteiger partial charge in [-0.05, 0) is 37.1 Å². The molecule has 4 heteroatoms. The third-order valence-corrected chi connectivity index (χ3v) is 3.73. The minimum absolute atomic E-state index is 0.712. The Morgan fingerprint density at radius 1 is 0.950 bits per heavy atom. The van der Waals surface area contributed by atoms with Gasteiger partial charge in [0, 0.05) is 5.56 Å². The van der Waals surface area contributed by atoms with E-state index in [1.54, 1.807) is 0 Å². The van der Waals surface area contributed by atoms with Crippen LogP contribution in [0.25, 0.3) is 28.2 Å². The summed E-state index contributed by atoms with van der Waals surface area (Å²) in [6.07, 6.45) is 0. The molecule has 4 rings (SSSR count). The summed E-state index contributed by atoms with van der Waals surface area (Å²) in [6, 6.07) is 14.3. The smallest absolute Gasteiger partial charge is 0.252 e. The second-order valence-corrected chi connectivity index (χ2v) is 5.11. The van der Waals surface area contributed by atoms with Crippen LogP contribution in [-0.4, -0.2) is 19.6 Å². The van der Waals surface area contributed by atoms with Crippen LogP contribution < -0.4 is 0 Å². The molecule has 0 spiro atoms. The van der Waals surface area contributed by atoms with Gasteiger partial charge in [-0.25, -0.2) is 9.50 Å². The first-order valence-corrected chi connectivity index (χ1v) is 6.63. The Morgan fingerprint density at radius 3 is 2.50 bits per heavy atom. The number of H-pyrrole nitrogens is 1. The zero-order valence-corrected chi connectivity index (χ0v) is 11.4. The lowest BCUT2D eigenvalue weighted by molar-refractivity contribution is 1.01. The van der Waals surface area contributed by atoms with E-state index in [0.29, 0.717) is 5.78 Å². The number of nitrogens with one attached hydrogen (secondary N) is 1. The van der Waals surface area contributed by atoms with Crippen molar-refractivity contribution in [3.8, 4) is 11.4 Å². The van der Waals surface area contributed by atoms with Crippen molar-refractivity contribution >= 4 is 16.8 Å². The Labute approximate surface area is 116 Å². The number of aryl methyl sites for hydroxylation is 2. The summed E-state index contributed by atoms with van der Waals surface area (Å²) in [5.41, 5.74) is 5.62. The molecule has 2 aromatic carbocycles. The fourth-order valence-electron chi connectivity index (χ4n) is 2.46. The van der Waals surface area contributed by atoms with Crippen molar-refractivity contribution in [1.82, 2.24) is 19.6 Å². The fraction of sp³-hybridized carbons (Fsp3) is 0.125. The van der Waals surface area contributed by atoms with Gasteiger partial charge in [0.2, 0.25) is 0 Å². The number of hydrogen-bond donors (Lipinski definition) is 1. The van der Waals surface area contributed by atoms with E-state index in [9.17, 15) is 0 Å². The zero-order chi connectivity index (χ0) is 13.7. The average molecular weight is 262 g/mol. The number of nitrogens with zero attached hydrogens (tertiary/aromatic N) is 3. The largest absolute Gasteiger partial charge is 0.274 e. The molecule has 20 heavy (non-hydrogen) atoms. The molecule has 0 fully saturated rings. The van der Waals surface area contributed by atoms with E-state index < -0.39 is 0 Å². The lowest BCUT2D eigenvalue weighted by Gasteiger charge is -1.99. The summed E-state index contributed by atoms with van der Waals surface area (Å²) in [6.45, 7) is 4.22. The second-order valence-electron chi connectivity index (χ2n) is 5.11. The summed E-state index contributed by atoms with van der Waals surface area (Å²) in [7, 11) is 0. The quantitative estimate of drug-likeness (QED) is 0.570. The highest BCUT2D eigenvalue weighted by atomic mass is 15.3. The van der Waals surface area contributed by atoms with E-state index in [0.717, 1.165) is 22.4 Å². The number of aromatic amines is 1. The highest BCUT2D eigenvalue weighted by molar-refractivity contribution is 5.81. The second kappa shape index (κ2) is 3.93. The van der Waals surface area contributed by atoms with Gasteiger partial charge in [0.15, 0.2) is 5.82 Å². The van der Waals surface area contributed by atoms with Gasteiger partial charge in [0.05, 0.1) is 11.0 Å². The van der Waals surface area contributed by atoms with Crippen LogP contribution in [0.5, 0.6) is 0 Å². The van der Waals surface area contributed by atoms with Gasteiger partial charge < -0.3 is 0 Å². The maximum Gasteiger partial charge on any atom is 0.252 e. The van der Waals surface area contributed by atoms with E-state index in [2.05, 4.69) is 41.0 Å². The maximum atomic E-state index is 4.58. The summed E-state index contributed by atoms with van der Waals surface area (Å²) >= 11 is 0. The molecule has 98 valence electrons. The van der Waals surface area contributed by atoms with Crippen LogP contribution in [0, 0.1) is 13.8 Å². The maximum absolute atomic E-state index is 4.58. The minimum atomic E-state index is 0.712. The molecule has 0 radical (unpaired) electrons. The van der Waals surface area contributed by atoms with Crippen LogP contribution in [0.3, 0.4) is 0 Å². The molecule has 0 atom stereocenters. The molecule has 0 amide bonds. The molecule has 0 aliphatic heterocycles. The summed E-state index contributed by atoms with van der Waals surface area (Å²) in [4.78, 5) is 9.16.